The number of methoxy groups -OCH3 is 1. The number of nitrogens with one attached hydrogen (secondary N) is 1. The largest absolute Gasteiger partial charge is 0.493 e. The molecular weight excluding hydrogens is 320 g/mol. The molecule has 0 atom stereocenters. The lowest BCUT2D eigenvalue weighted by Gasteiger charge is -2.14. The molecule has 20 heavy (non-hydrogen) atoms. The summed E-state index contributed by atoms with van der Waals surface area (Å²) in [6.45, 7) is 0.383. The van der Waals surface area contributed by atoms with E-state index in [0.29, 0.717) is 23.7 Å². The minimum atomic E-state index is -0.0466. The highest BCUT2D eigenvalue weighted by Crippen LogP contribution is 2.31. The Morgan fingerprint density at radius 2 is 1.90 bits per heavy atom. The first-order valence-corrected chi connectivity index (χ1v) is 6.79. The number of para-hydroxylation sites is 1. The van der Waals surface area contributed by atoms with Gasteiger partial charge in [0.1, 0.15) is 12.4 Å². The van der Waals surface area contributed by atoms with E-state index in [0.717, 1.165) is 10.0 Å². The maximum Gasteiger partial charge on any atom is 0.172 e. The molecule has 104 valence electrons. The minimum absolute atomic E-state index is 0.0466. The van der Waals surface area contributed by atoms with Crippen LogP contribution in [-0.2, 0) is 6.61 Å². The molecule has 0 aliphatic rings. The second kappa shape index (κ2) is 6.43. The Morgan fingerprint density at radius 3 is 2.50 bits per heavy atom. The third kappa shape index (κ3) is 3.30. The smallest absolute Gasteiger partial charge is 0.172 e. The predicted molar refractivity (Wildman–Crippen MR) is 82.5 cm³/mol. The molecule has 0 heterocycles. The molecule has 0 saturated heterocycles. The van der Waals surface area contributed by atoms with Crippen molar-refractivity contribution in [3.63, 3.8) is 0 Å². The van der Waals surface area contributed by atoms with Crippen molar-refractivity contribution in [2.45, 2.75) is 6.61 Å². The van der Waals surface area contributed by atoms with Gasteiger partial charge in [-0.3, -0.25) is 5.41 Å². The Bertz CT molecular complexity index is 612. The number of hydrogen-bond donors (Lipinski definition) is 2. The van der Waals surface area contributed by atoms with Crippen molar-refractivity contribution in [1.82, 2.24) is 0 Å². The van der Waals surface area contributed by atoms with Crippen LogP contribution in [0, 0.1) is 5.41 Å². The molecule has 2 aromatic rings. The van der Waals surface area contributed by atoms with Crippen molar-refractivity contribution in [3.05, 3.63) is 58.1 Å². The van der Waals surface area contributed by atoms with E-state index < -0.39 is 0 Å². The topological polar surface area (TPSA) is 68.3 Å². The molecule has 0 aliphatic heterocycles. The number of rotatable bonds is 5. The first-order valence-electron chi connectivity index (χ1n) is 6.00. The summed E-state index contributed by atoms with van der Waals surface area (Å²) in [5.41, 5.74) is 7.12. The summed E-state index contributed by atoms with van der Waals surface area (Å²) in [4.78, 5) is 0. The Labute approximate surface area is 126 Å². The zero-order valence-electron chi connectivity index (χ0n) is 11.0. The molecule has 0 aromatic heterocycles. The first kappa shape index (κ1) is 14.4. The van der Waals surface area contributed by atoms with Crippen LogP contribution in [0.1, 0.15) is 11.1 Å². The number of hydrogen-bond acceptors (Lipinski definition) is 3. The van der Waals surface area contributed by atoms with E-state index in [1.54, 1.807) is 25.3 Å². The van der Waals surface area contributed by atoms with Gasteiger partial charge in [-0.2, -0.15) is 0 Å². The quantitative estimate of drug-likeness (QED) is 0.651. The van der Waals surface area contributed by atoms with E-state index in [1.165, 1.54) is 0 Å². The Kier molecular flexibility index (Phi) is 4.63. The van der Waals surface area contributed by atoms with E-state index in [2.05, 4.69) is 15.9 Å². The Morgan fingerprint density at radius 1 is 1.20 bits per heavy atom. The van der Waals surface area contributed by atoms with Crippen LogP contribution in [-0.4, -0.2) is 12.9 Å². The highest BCUT2D eigenvalue weighted by molar-refractivity contribution is 9.10. The molecule has 0 amide bonds. The Balaban J connectivity index is 2.23. The third-order valence-electron chi connectivity index (χ3n) is 2.79. The van der Waals surface area contributed by atoms with E-state index in [1.807, 2.05) is 24.3 Å². The molecule has 0 fully saturated rings. The predicted octanol–water partition coefficient (Wildman–Crippen LogP) is 3.32. The second-order valence-electron chi connectivity index (χ2n) is 4.17. The zero-order valence-corrected chi connectivity index (χ0v) is 12.6. The van der Waals surface area contributed by atoms with Gasteiger partial charge in [0, 0.05) is 4.47 Å². The van der Waals surface area contributed by atoms with Crippen LogP contribution in [0.15, 0.2) is 46.9 Å². The summed E-state index contributed by atoms with van der Waals surface area (Å²) < 4.78 is 12.1. The van der Waals surface area contributed by atoms with Gasteiger partial charge in [0.05, 0.1) is 12.7 Å². The lowest BCUT2D eigenvalue weighted by molar-refractivity contribution is 0.284. The van der Waals surface area contributed by atoms with E-state index >= 15 is 0 Å². The van der Waals surface area contributed by atoms with Crippen molar-refractivity contribution >= 4 is 21.8 Å². The number of amidine groups is 1. The fourth-order valence-corrected chi connectivity index (χ4v) is 2.04. The molecule has 3 N–H and O–H groups in total. The fourth-order valence-electron chi connectivity index (χ4n) is 1.77. The van der Waals surface area contributed by atoms with Gasteiger partial charge in [0.25, 0.3) is 0 Å². The van der Waals surface area contributed by atoms with Crippen LogP contribution in [0.4, 0.5) is 0 Å². The highest BCUT2D eigenvalue weighted by Gasteiger charge is 2.12. The second-order valence-corrected chi connectivity index (χ2v) is 5.08. The zero-order chi connectivity index (χ0) is 14.5. The monoisotopic (exact) mass is 334 g/mol. The number of ether oxygens (including phenoxy) is 2. The molecule has 2 aromatic carbocycles. The third-order valence-corrected chi connectivity index (χ3v) is 3.31. The summed E-state index contributed by atoms with van der Waals surface area (Å²) in [5, 5.41) is 7.60. The molecule has 0 bridgehead atoms. The molecule has 5 heteroatoms. The van der Waals surface area contributed by atoms with Crippen molar-refractivity contribution in [2.75, 3.05) is 7.11 Å². The van der Waals surface area contributed by atoms with Gasteiger partial charge in [-0.1, -0.05) is 34.1 Å². The van der Waals surface area contributed by atoms with Gasteiger partial charge in [-0.15, -0.1) is 0 Å². The highest BCUT2D eigenvalue weighted by atomic mass is 79.9. The summed E-state index contributed by atoms with van der Waals surface area (Å²) >= 11 is 3.39. The van der Waals surface area contributed by atoms with Gasteiger partial charge >= 0.3 is 0 Å². The summed E-state index contributed by atoms with van der Waals surface area (Å²) in [7, 11) is 1.56. The average molecular weight is 335 g/mol. The van der Waals surface area contributed by atoms with Crippen LogP contribution >= 0.6 is 15.9 Å². The SMILES string of the molecule is COc1cccc(C(=N)N)c1OCc1ccc(Br)cc1. The van der Waals surface area contributed by atoms with Crippen LogP contribution in [0.25, 0.3) is 0 Å². The number of benzene rings is 2. The van der Waals surface area contributed by atoms with Crippen LogP contribution in [0.5, 0.6) is 11.5 Å². The molecule has 0 aliphatic carbocycles. The van der Waals surface area contributed by atoms with E-state index in [4.69, 9.17) is 20.6 Å². The maximum atomic E-state index is 7.60. The van der Waals surface area contributed by atoms with Gasteiger partial charge < -0.3 is 15.2 Å². The normalized spacial score (nSPS) is 10.1. The van der Waals surface area contributed by atoms with Gasteiger partial charge in [0.2, 0.25) is 0 Å². The van der Waals surface area contributed by atoms with E-state index in [-0.39, 0.29) is 5.84 Å². The molecular formula is C15H15BrN2O2. The average Bonchev–Trinajstić information content (AvgIpc) is 2.46. The van der Waals surface area contributed by atoms with E-state index in [9.17, 15) is 0 Å². The van der Waals surface area contributed by atoms with Crippen LogP contribution in [0.3, 0.4) is 0 Å². The number of halogens is 1. The van der Waals surface area contributed by atoms with Gasteiger partial charge in [0.15, 0.2) is 11.5 Å². The molecule has 0 spiro atoms. The lowest BCUT2D eigenvalue weighted by atomic mass is 10.1. The standard InChI is InChI=1S/C15H15BrN2O2/c1-19-13-4-2-3-12(15(17)18)14(13)20-9-10-5-7-11(16)8-6-10/h2-8H,9H2,1H3,(H3,17,18). The Hall–Kier alpha value is -2.01. The van der Waals surface area contributed by atoms with Crippen molar-refractivity contribution in [1.29, 1.82) is 5.41 Å². The number of nitrogen functional groups attached to an aromatic ring is 1. The molecule has 0 saturated carbocycles. The molecule has 0 unspecified atom stereocenters. The fraction of sp³-hybridized carbons (Fsp3) is 0.133. The van der Waals surface area contributed by atoms with Crippen LogP contribution in [0.2, 0.25) is 0 Å². The molecule has 0 radical (unpaired) electrons. The summed E-state index contributed by atoms with van der Waals surface area (Å²) in [6.07, 6.45) is 0. The lowest BCUT2D eigenvalue weighted by Crippen LogP contribution is -2.13. The summed E-state index contributed by atoms with van der Waals surface area (Å²) in [5.74, 6) is 1.01. The first-order chi connectivity index (χ1) is 9.61. The molecule has 4 nitrogen and oxygen atoms in total. The minimum Gasteiger partial charge on any atom is -0.493 e. The van der Waals surface area contributed by atoms with Crippen LogP contribution < -0.4 is 15.2 Å². The maximum absolute atomic E-state index is 7.60. The number of nitrogens with two attached hydrogens (primary N) is 1. The van der Waals surface area contributed by atoms with Gasteiger partial charge in [-0.25, -0.2) is 0 Å². The summed E-state index contributed by atoms with van der Waals surface area (Å²) in [6, 6.07) is 13.1. The molecule has 2 rings (SSSR count). The van der Waals surface area contributed by atoms with Crippen molar-refractivity contribution in [2.24, 2.45) is 5.73 Å². The van der Waals surface area contributed by atoms with Gasteiger partial charge in [-0.05, 0) is 29.8 Å². The van der Waals surface area contributed by atoms with Crippen molar-refractivity contribution < 1.29 is 9.47 Å². The van der Waals surface area contributed by atoms with Crippen molar-refractivity contribution in [3.8, 4) is 11.5 Å².